The van der Waals surface area contributed by atoms with E-state index < -0.39 is 30.0 Å². The van der Waals surface area contributed by atoms with Gasteiger partial charge in [-0.05, 0) is 6.07 Å². The fourth-order valence-corrected chi connectivity index (χ4v) is 0.740. The summed E-state index contributed by atoms with van der Waals surface area (Å²) in [6.07, 6.45) is 0. The summed E-state index contributed by atoms with van der Waals surface area (Å²) in [7, 11) is -1.14. The van der Waals surface area contributed by atoms with Gasteiger partial charge in [0.15, 0.2) is 17.5 Å². The van der Waals surface area contributed by atoms with Gasteiger partial charge in [-0.25, -0.2) is 13.2 Å². The first kappa shape index (κ1) is 13.0. The number of hydrogen-bond acceptors (Lipinski definition) is 3. The molecule has 1 aromatic carbocycles. The van der Waals surface area contributed by atoms with Crippen molar-refractivity contribution in [3.05, 3.63) is 29.6 Å². The number of benzene rings is 1. The molecule has 78 valence electrons. The maximum Gasteiger partial charge on any atom is 0.491 e. The summed E-state index contributed by atoms with van der Waals surface area (Å²) in [5, 5.41) is 23.9. The fourth-order valence-electron chi connectivity index (χ4n) is 0.740. The van der Waals surface area contributed by atoms with E-state index in [2.05, 4.69) is 0 Å². The predicted octanol–water partition coefficient (Wildman–Crippen LogP) is -0.608. The van der Waals surface area contributed by atoms with Crippen molar-refractivity contribution >= 4 is 12.6 Å². The van der Waals surface area contributed by atoms with Crippen molar-refractivity contribution in [3.63, 3.8) is 0 Å². The van der Waals surface area contributed by atoms with Gasteiger partial charge in [0.2, 0.25) is 0 Å². The van der Waals surface area contributed by atoms with Crippen LogP contribution in [0.2, 0.25) is 0 Å². The Bertz CT molecular complexity index is 306. The van der Waals surface area contributed by atoms with Crippen LogP contribution in [0.25, 0.3) is 0 Å². The van der Waals surface area contributed by atoms with E-state index in [9.17, 15) is 13.2 Å². The van der Waals surface area contributed by atoms with E-state index in [-0.39, 0.29) is 0 Å². The van der Waals surface area contributed by atoms with Gasteiger partial charge in [0.05, 0.1) is 0 Å². The van der Waals surface area contributed by atoms with Crippen molar-refractivity contribution in [3.8, 4) is 0 Å². The molecule has 0 aliphatic carbocycles. The molecule has 7 heteroatoms. The minimum absolute atomic E-state index is 0.618. The Morgan fingerprint density at radius 3 is 1.93 bits per heavy atom. The van der Waals surface area contributed by atoms with Gasteiger partial charge in [0.1, 0.15) is 0 Å². The van der Waals surface area contributed by atoms with Crippen LogP contribution in [-0.2, 0) is 0 Å². The van der Waals surface area contributed by atoms with Crippen LogP contribution in [0.5, 0.6) is 0 Å². The lowest BCUT2D eigenvalue weighted by molar-refractivity contribution is 0.399. The second-order valence-corrected chi connectivity index (χ2v) is 2.14. The summed E-state index contributed by atoms with van der Waals surface area (Å²) >= 11 is 0. The summed E-state index contributed by atoms with van der Waals surface area (Å²) in [6.45, 7) is 0. The third-order valence-corrected chi connectivity index (χ3v) is 1.34. The quantitative estimate of drug-likeness (QED) is 0.426. The topological polar surface area (TPSA) is 60.7 Å². The second kappa shape index (κ2) is 5.64. The molecular formula is C7H8BF3O3. The highest BCUT2D eigenvalue weighted by atomic mass is 19.2. The zero-order chi connectivity index (χ0) is 11.3. The Hall–Kier alpha value is -1.05. The van der Waals surface area contributed by atoms with Crippen LogP contribution in [0.15, 0.2) is 12.1 Å². The molecule has 0 spiro atoms. The molecule has 3 nitrogen and oxygen atoms in total. The van der Waals surface area contributed by atoms with Crippen LogP contribution in [0, 0.1) is 17.5 Å². The molecule has 0 bridgehead atoms. The summed E-state index contributed by atoms with van der Waals surface area (Å²) in [5.74, 6) is -4.65. The maximum absolute atomic E-state index is 12.6. The molecule has 0 saturated carbocycles. The molecular weight excluding hydrogens is 200 g/mol. The molecule has 0 aliphatic heterocycles. The van der Waals surface area contributed by atoms with Gasteiger partial charge in [-0.2, -0.15) is 0 Å². The highest BCUT2D eigenvalue weighted by Crippen LogP contribution is 2.07. The average molecular weight is 208 g/mol. The number of aliphatic hydroxyl groups is 1. The molecule has 0 amide bonds. The van der Waals surface area contributed by atoms with Crippen molar-refractivity contribution in [1.29, 1.82) is 0 Å². The predicted molar refractivity (Wildman–Crippen MR) is 44.3 cm³/mol. The highest BCUT2D eigenvalue weighted by molar-refractivity contribution is 6.58. The molecule has 14 heavy (non-hydrogen) atoms. The van der Waals surface area contributed by atoms with E-state index in [0.717, 1.165) is 13.2 Å². The van der Waals surface area contributed by atoms with Crippen molar-refractivity contribution in [1.82, 2.24) is 0 Å². The standard InChI is InChI=1S/C6H4BF3O2.CH4O/c8-4-2-1-3(7(11)12)5(9)6(4)10;1-2/h1-2,11-12H;2H,1H3. The number of aliphatic hydroxyl groups excluding tert-OH is 1. The smallest absolute Gasteiger partial charge is 0.423 e. The van der Waals surface area contributed by atoms with Gasteiger partial charge in [-0.1, -0.05) is 6.07 Å². The third kappa shape index (κ3) is 2.73. The third-order valence-electron chi connectivity index (χ3n) is 1.34. The first-order chi connectivity index (χ1) is 6.54. The SMILES string of the molecule is CO.OB(O)c1ccc(F)c(F)c1F. The molecule has 0 fully saturated rings. The molecule has 0 aliphatic rings. The zero-order valence-corrected chi connectivity index (χ0v) is 7.21. The first-order valence-corrected chi connectivity index (χ1v) is 3.48. The maximum atomic E-state index is 12.6. The van der Waals surface area contributed by atoms with Crippen LogP contribution in [-0.4, -0.2) is 29.4 Å². The Kier molecular flexibility index (Phi) is 5.22. The van der Waals surface area contributed by atoms with E-state index in [1.165, 1.54) is 0 Å². The highest BCUT2D eigenvalue weighted by Gasteiger charge is 2.21. The lowest BCUT2D eigenvalue weighted by Gasteiger charge is -2.01. The minimum Gasteiger partial charge on any atom is -0.423 e. The Labute approximate surface area is 78.6 Å². The van der Waals surface area contributed by atoms with E-state index in [1.54, 1.807) is 0 Å². The lowest BCUT2D eigenvalue weighted by atomic mass is 9.80. The molecule has 1 rings (SSSR count). The fraction of sp³-hybridized carbons (Fsp3) is 0.143. The summed E-state index contributed by atoms with van der Waals surface area (Å²) in [4.78, 5) is 0. The van der Waals surface area contributed by atoms with Gasteiger partial charge >= 0.3 is 7.12 Å². The van der Waals surface area contributed by atoms with E-state index in [0.29, 0.717) is 6.07 Å². The number of rotatable bonds is 1. The molecule has 3 N–H and O–H groups in total. The van der Waals surface area contributed by atoms with Crippen LogP contribution < -0.4 is 5.46 Å². The number of halogens is 3. The van der Waals surface area contributed by atoms with Gasteiger partial charge in [-0.3, -0.25) is 0 Å². The Morgan fingerprint density at radius 2 is 1.50 bits per heavy atom. The van der Waals surface area contributed by atoms with Gasteiger partial charge in [0, 0.05) is 12.6 Å². The molecule has 0 unspecified atom stereocenters. The van der Waals surface area contributed by atoms with E-state index >= 15 is 0 Å². The van der Waals surface area contributed by atoms with Crippen molar-refractivity contribution in [2.45, 2.75) is 0 Å². The molecule has 0 atom stereocenters. The van der Waals surface area contributed by atoms with Gasteiger partial charge in [0.25, 0.3) is 0 Å². The average Bonchev–Trinajstić information content (AvgIpc) is 2.17. The van der Waals surface area contributed by atoms with Crippen LogP contribution in [0.1, 0.15) is 0 Å². The van der Waals surface area contributed by atoms with Crippen molar-refractivity contribution in [2.24, 2.45) is 0 Å². The lowest BCUT2D eigenvalue weighted by Crippen LogP contribution is -2.33. The van der Waals surface area contributed by atoms with Crippen molar-refractivity contribution < 1.29 is 28.3 Å². The second-order valence-electron chi connectivity index (χ2n) is 2.14. The summed E-state index contributed by atoms with van der Waals surface area (Å²) < 4.78 is 37.2. The largest absolute Gasteiger partial charge is 0.491 e. The molecule has 0 radical (unpaired) electrons. The zero-order valence-electron chi connectivity index (χ0n) is 7.21. The molecule has 0 saturated heterocycles. The van der Waals surface area contributed by atoms with Gasteiger partial charge in [-0.15, -0.1) is 0 Å². The molecule has 1 aromatic rings. The first-order valence-electron chi connectivity index (χ1n) is 3.48. The normalized spacial score (nSPS) is 9.07. The van der Waals surface area contributed by atoms with Gasteiger partial charge < -0.3 is 15.2 Å². The Morgan fingerprint density at radius 1 is 1.00 bits per heavy atom. The van der Waals surface area contributed by atoms with Crippen LogP contribution >= 0.6 is 0 Å². The summed E-state index contributed by atoms with van der Waals surface area (Å²) in [5.41, 5.74) is -0.686. The summed E-state index contributed by atoms with van der Waals surface area (Å²) in [6, 6.07) is 1.38. The van der Waals surface area contributed by atoms with Crippen LogP contribution in [0.4, 0.5) is 13.2 Å². The van der Waals surface area contributed by atoms with E-state index in [4.69, 9.17) is 15.2 Å². The Balaban J connectivity index is 0.000000791. The minimum atomic E-state index is -2.14. The van der Waals surface area contributed by atoms with Crippen LogP contribution in [0.3, 0.4) is 0 Å². The number of hydrogen-bond donors (Lipinski definition) is 3. The monoisotopic (exact) mass is 208 g/mol. The molecule has 0 heterocycles. The van der Waals surface area contributed by atoms with Crippen molar-refractivity contribution in [2.75, 3.05) is 7.11 Å². The van der Waals surface area contributed by atoms with E-state index in [1.807, 2.05) is 0 Å². The molecule has 0 aromatic heterocycles.